The molecule has 1 aliphatic rings. The Morgan fingerprint density at radius 3 is 2.13 bits per heavy atom. The lowest BCUT2D eigenvalue weighted by Crippen LogP contribution is -2.26. The molecule has 1 N–H and O–H groups in total. The van der Waals surface area contributed by atoms with Crippen molar-refractivity contribution in [1.82, 2.24) is 5.32 Å². The van der Waals surface area contributed by atoms with Gasteiger partial charge in [-0.2, -0.15) is 0 Å². The molecule has 0 saturated heterocycles. The summed E-state index contributed by atoms with van der Waals surface area (Å²) in [5.41, 5.74) is 0. The van der Waals surface area contributed by atoms with Crippen molar-refractivity contribution in [2.45, 2.75) is 83.6 Å². The molecule has 0 aliphatic heterocycles. The Bertz CT molecular complexity index is 127. The van der Waals surface area contributed by atoms with Crippen LogP contribution < -0.4 is 5.32 Å². The Labute approximate surface area is 96.0 Å². The van der Waals surface area contributed by atoms with Crippen LogP contribution in [-0.4, -0.2) is 12.6 Å². The fraction of sp³-hybridized carbons (Fsp3) is 1.00. The van der Waals surface area contributed by atoms with Crippen LogP contribution in [-0.2, 0) is 0 Å². The van der Waals surface area contributed by atoms with Crippen LogP contribution in [0.4, 0.5) is 0 Å². The Kier molecular flexibility index (Phi) is 7.99. The average molecular weight is 211 g/mol. The Morgan fingerprint density at radius 2 is 1.47 bits per heavy atom. The minimum atomic E-state index is 0.866. The van der Waals surface area contributed by atoms with Gasteiger partial charge in [0.05, 0.1) is 0 Å². The van der Waals surface area contributed by atoms with Gasteiger partial charge in [-0.05, 0) is 25.8 Å². The quantitative estimate of drug-likeness (QED) is 0.562. The largest absolute Gasteiger partial charge is 0.314 e. The van der Waals surface area contributed by atoms with E-state index in [9.17, 15) is 0 Å². The van der Waals surface area contributed by atoms with Gasteiger partial charge in [0.2, 0.25) is 0 Å². The molecular formula is C14H29N. The highest BCUT2D eigenvalue weighted by Gasteiger charge is 2.12. The van der Waals surface area contributed by atoms with Crippen LogP contribution >= 0.6 is 0 Å². The molecule has 0 radical (unpaired) electrons. The summed E-state index contributed by atoms with van der Waals surface area (Å²) in [4.78, 5) is 0. The van der Waals surface area contributed by atoms with Crippen molar-refractivity contribution >= 4 is 0 Å². The Balaban J connectivity index is 1.73. The topological polar surface area (TPSA) is 12.0 Å². The molecule has 0 unspecified atom stereocenters. The maximum absolute atomic E-state index is 3.68. The first-order valence-corrected chi connectivity index (χ1v) is 7.17. The molecule has 1 rings (SSSR count). The third-order valence-corrected chi connectivity index (χ3v) is 3.57. The second-order valence-corrected chi connectivity index (χ2v) is 5.06. The van der Waals surface area contributed by atoms with Gasteiger partial charge in [0.25, 0.3) is 0 Å². The molecule has 0 aromatic carbocycles. The summed E-state index contributed by atoms with van der Waals surface area (Å²) in [6.07, 6.45) is 15.7. The van der Waals surface area contributed by atoms with Crippen molar-refractivity contribution in [3.8, 4) is 0 Å². The summed E-state index contributed by atoms with van der Waals surface area (Å²) >= 11 is 0. The molecule has 0 aromatic rings. The van der Waals surface area contributed by atoms with Gasteiger partial charge in [0, 0.05) is 6.04 Å². The molecule has 1 nitrogen and oxygen atoms in total. The smallest absolute Gasteiger partial charge is 0.00670 e. The lowest BCUT2D eigenvalue weighted by atomic mass is 10.1. The zero-order valence-corrected chi connectivity index (χ0v) is 10.6. The maximum Gasteiger partial charge on any atom is 0.00670 e. The summed E-state index contributed by atoms with van der Waals surface area (Å²) in [6, 6.07) is 0.866. The van der Waals surface area contributed by atoms with Crippen molar-refractivity contribution < 1.29 is 0 Å². The highest BCUT2D eigenvalue weighted by Crippen LogP contribution is 2.17. The van der Waals surface area contributed by atoms with E-state index in [1.165, 1.54) is 77.2 Å². The molecule has 0 heterocycles. The highest BCUT2D eigenvalue weighted by molar-refractivity contribution is 4.73. The van der Waals surface area contributed by atoms with Crippen LogP contribution in [0, 0.1) is 0 Å². The molecule has 0 aromatic heterocycles. The molecule has 15 heavy (non-hydrogen) atoms. The molecule has 1 fully saturated rings. The van der Waals surface area contributed by atoms with Gasteiger partial charge in [-0.1, -0.05) is 58.3 Å². The zero-order chi connectivity index (χ0) is 10.8. The Hall–Kier alpha value is -0.0400. The standard InChI is InChI=1S/C14H29N/c1-2-3-4-5-6-7-10-13-15-14-11-8-9-12-14/h14-15H,2-13H2,1H3. The number of unbranched alkanes of at least 4 members (excludes halogenated alkanes) is 6. The van der Waals surface area contributed by atoms with E-state index in [-0.39, 0.29) is 0 Å². The first kappa shape index (κ1) is 13.0. The van der Waals surface area contributed by atoms with E-state index in [1.54, 1.807) is 0 Å². The van der Waals surface area contributed by atoms with Gasteiger partial charge >= 0.3 is 0 Å². The van der Waals surface area contributed by atoms with Crippen molar-refractivity contribution in [3.63, 3.8) is 0 Å². The molecule has 1 saturated carbocycles. The number of hydrogen-bond acceptors (Lipinski definition) is 1. The van der Waals surface area contributed by atoms with E-state index in [2.05, 4.69) is 12.2 Å². The molecule has 0 amide bonds. The number of nitrogens with one attached hydrogen (secondary N) is 1. The monoisotopic (exact) mass is 211 g/mol. The molecule has 0 atom stereocenters. The van der Waals surface area contributed by atoms with Gasteiger partial charge < -0.3 is 5.32 Å². The first-order valence-electron chi connectivity index (χ1n) is 7.17. The predicted octanol–water partition coefficient (Wildman–Crippen LogP) is 4.27. The van der Waals surface area contributed by atoms with Gasteiger partial charge in [-0.3, -0.25) is 0 Å². The minimum absolute atomic E-state index is 0.866. The van der Waals surface area contributed by atoms with E-state index in [4.69, 9.17) is 0 Å². The minimum Gasteiger partial charge on any atom is -0.314 e. The van der Waals surface area contributed by atoms with E-state index in [0.717, 1.165) is 6.04 Å². The maximum atomic E-state index is 3.68. The van der Waals surface area contributed by atoms with Crippen molar-refractivity contribution in [3.05, 3.63) is 0 Å². The van der Waals surface area contributed by atoms with Crippen molar-refractivity contribution in [1.29, 1.82) is 0 Å². The van der Waals surface area contributed by atoms with Crippen LogP contribution in [0.3, 0.4) is 0 Å². The van der Waals surface area contributed by atoms with E-state index in [0.29, 0.717) is 0 Å². The van der Waals surface area contributed by atoms with Gasteiger partial charge in [0.15, 0.2) is 0 Å². The molecule has 90 valence electrons. The van der Waals surface area contributed by atoms with Crippen LogP contribution in [0.1, 0.15) is 77.6 Å². The summed E-state index contributed by atoms with van der Waals surface area (Å²) in [6.45, 7) is 3.55. The van der Waals surface area contributed by atoms with E-state index < -0.39 is 0 Å². The summed E-state index contributed by atoms with van der Waals surface area (Å²) in [5, 5.41) is 3.68. The molecule has 0 bridgehead atoms. The van der Waals surface area contributed by atoms with Gasteiger partial charge in [0.1, 0.15) is 0 Å². The van der Waals surface area contributed by atoms with E-state index >= 15 is 0 Å². The fourth-order valence-corrected chi connectivity index (χ4v) is 2.52. The van der Waals surface area contributed by atoms with Crippen LogP contribution in [0.5, 0.6) is 0 Å². The molecule has 1 heteroatoms. The van der Waals surface area contributed by atoms with Gasteiger partial charge in [-0.25, -0.2) is 0 Å². The lowest BCUT2D eigenvalue weighted by molar-refractivity contribution is 0.496. The highest BCUT2D eigenvalue weighted by atomic mass is 14.9. The van der Waals surface area contributed by atoms with Crippen molar-refractivity contribution in [2.75, 3.05) is 6.54 Å². The SMILES string of the molecule is CCCCCCCCCNC1CCCC1. The second kappa shape index (κ2) is 9.21. The number of hydrogen-bond donors (Lipinski definition) is 1. The third-order valence-electron chi connectivity index (χ3n) is 3.57. The average Bonchev–Trinajstić information content (AvgIpc) is 2.75. The van der Waals surface area contributed by atoms with Gasteiger partial charge in [-0.15, -0.1) is 0 Å². The van der Waals surface area contributed by atoms with Crippen LogP contribution in [0.25, 0.3) is 0 Å². The first-order chi connectivity index (χ1) is 7.43. The molecule has 0 spiro atoms. The zero-order valence-electron chi connectivity index (χ0n) is 10.6. The fourth-order valence-electron chi connectivity index (χ4n) is 2.52. The normalized spacial score (nSPS) is 17.4. The Morgan fingerprint density at radius 1 is 0.867 bits per heavy atom. The molecular weight excluding hydrogens is 182 g/mol. The summed E-state index contributed by atoms with van der Waals surface area (Å²) < 4.78 is 0. The summed E-state index contributed by atoms with van der Waals surface area (Å²) in [5.74, 6) is 0. The van der Waals surface area contributed by atoms with Crippen LogP contribution in [0.15, 0.2) is 0 Å². The van der Waals surface area contributed by atoms with Crippen LogP contribution in [0.2, 0.25) is 0 Å². The van der Waals surface area contributed by atoms with E-state index in [1.807, 2.05) is 0 Å². The molecule has 1 aliphatic carbocycles. The predicted molar refractivity (Wildman–Crippen MR) is 68.3 cm³/mol. The summed E-state index contributed by atoms with van der Waals surface area (Å²) in [7, 11) is 0. The second-order valence-electron chi connectivity index (χ2n) is 5.06. The van der Waals surface area contributed by atoms with Crippen molar-refractivity contribution in [2.24, 2.45) is 0 Å². The third kappa shape index (κ3) is 6.94. The number of rotatable bonds is 9. The lowest BCUT2D eigenvalue weighted by Gasteiger charge is -2.11.